The molecule has 0 N–H and O–H groups in total. The number of ether oxygens (including phenoxy) is 4. The van der Waals surface area contributed by atoms with Gasteiger partial charge in [-0.25, -0.2) is 19.2 Å². The monoisotopic (exact) mass is 770 g/mol. The first-order chi connectivity index (χ1) is 26.2. The van der Waals surface area contributed by atoms with Gasteiger partial charge in [0.25, 0.3) is 0 Å². The first-order valence-corrected chi connectivity index (χ1v) is 19.2. The molecule has 2 saturated heterocycles. The summed E-state index contributed by atoms with van der Waals surface area (Å²) in [4.78, 5) is 81.8. The van der Waals surface area contributed by atoms with Crippen LogP contribution in [0.5, 0.6) is 0 Å². The molecule has 12 nitrogen and oxygen atoms in total. The summed E-state index contributed by atoms with van der Waals surface area (Å²) in [5.74, 6) is -2.03. The number of hydrogen-bond acceptors (Lipinski definition) is 10. The molecule has 2 fully saturated rings. The lowest BCUT2D eigenvalue weighted by Gasteiger charge is -2.30. The summed E-state index contributed by atoms with van der Waals surface area (Å²) in [7, 11) is 0. The van der Waals surface area contributed by atoms with Crippen molar-refractivity contribution >= 4 is 46.5 Å². The van der Waals surface area contributed by atoms with Gasteiger partial charge in [0.05, 0.1) is 0 Å². The van der Waals surface area contributed by atoms with Gasteiger partial charge in [0.15, 0.2) is 19.0 Å². The van der Waals surface area contributed by atoms with Crippen LogP contribution in [-0.4, -0.2) is 94.1 Å². The zero-order chi connectivity index (χ0) is 41.3. The summed E-state index contributed by atoms with van der Waals surface area (Å²) in [6.07, 6.45) is -0.390. The Balaban J connectivity index is 1.24. The van der Waals surface area contributed by atoms with Gasteiger partial charge in [0, 0.05) is 23.2 Å². The maximum Gasteiger partial charge on any atom is 0.411 e. The van der Waals surface area contributed by atoms with Crippen LogP contribution in [-0.2, 0) is 28.5 Å². The van der Waals surface area contributed by atoms with Gasteiger partial charge >= 0.3 is 24.1 Å². The highest BCUT2D eigenvalue weighted by Crippen LogP contribution is 2.34. The molecule has 56 heavy (non-hydrogen) atoms. The van der Waals surface area contributed by atoms with E-state index < -0.39 is 72.2 Å². The SMILES string of the molecule is CC1[C@H](C)C[C@@H](C(=O)OCC(=O)c2ccc(-c3cccc4c(C(=O)COC(=O)[C@@H]5C[C@@H](C)[C@@H](C)N5C(=O)OC(C)(C)C)cccc34)cc2)N1C(=O)OC(C)(C)C. The van der Waals surface area contributed by atoms with Crippen molar-refractivity contribution in [1.82, 2.24) is 9.80 Å². The Morgan fingerprint density at radius 2 is 1.04 bits per heavy atom. The molecule has 3 aromatic carbocycles. The predicted molar refractivity (Wildman–Crippen MR) is 210 cm³/mol. The first-order valence-electron chi connectivity index (χ1n) is 19.2. The largest absolute Gasteiger partial charge is 0.456 e. The quantitative estimate of drug-likeness (QED) is 0.119. The molecule has 5 rings (SSSR count). The van der Waals surface area contributed by atoms with Gasteiger partial charge in [0.1, 0.15) is 23.3 Å². The number of benzene rings is 3. The number of likely N-dealkylation sites (tertiary alicyclic amines) is 2. The van der Waals surface area contributed by atoms with E-state index in [1.165, 1.54) is 9.80 Å². The standard InChI is InChI=1S/C44H54N2O10/c1-25-21-35(45(27(25)3)41(51)55-43(5,6)7)39(49)53-23-37(47)30-19-17-29(18-20-30)31-13-11-15-33-32(31)14-12-16-34(33)38(48)24-54-40(50)36-22-26(2)28(4)46(36)42(52)56-44(8,9)10/h11-20,25-28,35-36H,21-24H2,1-10H3/t25-,26-,27?,28-,35+,36+/m1/s1. The van der Waals surface area contributed by atoms with E-state index in [-0.39, 0.29) is 23.9 Å². The average Bonchev–Trinajstić information content (AvgIpc) is 3.60. The van der Waals surface area contributed by atoms with Gasteiger partial charge in [-0.3, -0.25) is 19.4 Å². The fourth-order valence-corrected chi connectivity index (χ4v) is 7.34. The molecular weight excluding hydrogens is 716 g/mol. The van der Waals surface area contributed by atoms with E-state index in [0.717, 1.165) is 16.5 Å². The van der Waals surface area contributed by atoms with E-state index >= 15 is 0 Å². The molecule has 2 heterocycles. The minimum atomic E-state index is -0.863. The molecule has 300 valence electrons. The Kier molecular flexibility index (Phi) is 12.3. The number of ketones is 2. The summed E-state index contributed by atoms with van der Waals surface area (Å²) in [6.45, 7) is 17.2. The Bertz CT molecular complexity index is 1990. The highest BCUT2D eigenvalue weighted by Gasteiger charge is 2.47. The number of fused-ring (bicyclic) bond motifs is 1. The van der Waals surface area contributed by atoms with Crippen LogP contribution in [0.25, 0.3) is 21.9 Å². The lowest BCUT2D eigenvalue weighted by Crippen LogP contribution is -2.47. The van der Waals surface area contributed by atoms with E-state index in [2.05, 4.69) is 0 Å². The molecule has 6 atom stereocenters. The van der Waals surface area contributed by atoms with Crippen LogP contribution >= 0.6 is 0 Å². The number of carbonyl (C=O) groups excluding carboxylic acids is 6. The fraction of sp³-hybridized carbons (Fsp3) is 0.500. The molecular formula is C44H54N2O10. The molecule has 0 spiro atoms. The summed E-state index contributed by atoms with van der Waals surface area (Å²) in [5, 5.41) is 1.44. The minimum absolute atomic E-state index is 0.0327. The van der Waals surface area contributed by atoms with E-state index in [1.807, 2.05) is 52.0 Å². The van der Waals surface area contributed by atoms with Gasteiger partial charge < -0.3 is 18.9 Å². The van der Waals surface area contributed by atoms with Gasteiger partial charge in [-0.1, -0.05) is 74.5 Å². The van der Waals surface area contributed by atoms with Gasteiger partial charge in [0.2, 0.25) is 5.78 Å². The second kappa shape index (κ2) is 16.5. The lowest BCUT2D eigenvalue weighted by atomic mass is 9.94. The van der Waals surface area contributed by atoms with E-state index in [0.29, 0.717) is 29.4 Å². The number of amides is 2. The Hall–Kier alpha value is -5.26. The van der Waals surface area contributed by atoms with Crippen LogP contribution in [0, 0.1) is 11.8 Å². The molecule has 3 aromatic rings. The Morgan fingerprint density at radius 1 is 0.589 bits per heavy atom. The molecule has 12 heteroatoms. The summed E-state index contributed by atoms with van der Waals surface area (Å²) < 4.78 is 22.1. The van der Waals surface area contributed by atoms with Crippen LogP contribution in [0.1, 0.15) is 103 Å². The smallest absolute Gasteiger partial charge is 0.411 e. The number of hydrogen-bond donors (Lipinski definition) is 0. The maximum atomic E-state index is 13.5. The zero-order valence-corrected chi connectivity index (χ0v) is 34.0. The van der Waals surface area contributed by atoms with Gasteiger partial charge in [-0.15, -0.1) is 0 Å². The third-order valence-corrected chi connectivity index (χ3v) is 10.6. The third kappa shape index (κ3) is 9.39. The summed E-state index contributed by atoms with van der Waals surface area (Å²) >= 11 is 0. The molecule has 2 aliphatic rings. The van der Waals surface area contributed by atoms with Crippen molar-refractivity contribution in [1.29, 1.82) is 0 Å². The number of esters is 2. The van der Waals surface area contributed by atoms with E-state index in [1.54, 1.807) is 77.9 Å². The molecule has 0 aromatic heterocycles. The maximum absolute atomic E-state index is 13.5. The third-order valence-electron chi connectivity index (χ3n) is 10.6. The number of nitrogens with zero attached hydrogens (tertiary/aromatic N) is 2. The topological polar surface area (TPSA) is 146 Å². The second-order valence-corrected chi connectivity index (χ2v) is 17.1. The molecule has 0 aliphatic carbocycles. The molecule has 0 bridgehead atoms. The summed E-state index contributed by atoms with van der Waals surface area (Å²) in [6, 6.07) is 15.5. The van der Waals surface area contributed by atoms with Gasteiger partial charge in [-0.05, 0) is 102 Å². The predicted octanol–water partition coefficient (Wildman–Crippen LogP) is 8.03. The minimum Gasteiger partial charge on any atom is -0.456 e. The van der Waals surface area contributed by atoms with Crippen molar-refractivity contribution in [2.24, 2.45) is 11.8 Å². The van der Waals surface area contributed by atoms with Crippen molar-refractivity contribution in [3.63, 3.8) is 0 Å². The molecule has 1 unspecified atom stereocenters. The Labute approximate surface area is 328 Å². The molecule has 0 saturated carbocycles. The second-order valence-electron chi connectivity index (χ2n) is 17.1. The van der Waals surface area contributed by atoms with Crippen molar-refractivity contribution in [3.05, 3.63) is 71.8 Å². The van der Waals surface area contributed by atoms with Crippen LogP contribution < -0.4 is 0 Å². The van der Waals surface area contributed by atoms with Crippen LogP contribution in [0.4, 0.5) is 9.59 Å². The Morgan fingerprint density at radius 3 is 1.52 bits per heavy atom. The van der Waals surface area contributed by atoms with Gasteiger partial charge in [-0.2, -0.15) is 0 Å². The van der Waals surface area contributed by atoms with E-state index in [9.17, 15) is 28.8 Å². The normalized spacial score (nSPS) is 22.5. The number of rotatable bonds is 9. The number of carbonyl (C=O) groups is 6. The van der Waals surface area contributed by atoms with Crippen molar-refractivity contribution in [3.8, 4) is 11.1 Å². The van der Waals surface area contributed by atoms with Crippen molar-refractivity contribution in [2.75, 3.05) is 13.2 Å². The van der Waals surface area contributed by atoms with Crippen molar-refractivity contribution < 1.29 is 47.7 Å². The zero-order valence-electron chi connectivity index (χ0n) is 34.0. The molecule has 2 aliphatic heterocycles. The van der Waals surface area contributed by atoms with Crippen LogP contribution in [0.15, 0.2) is 60.7 Å². The highest BCUT2D eigenvalue weighted by molar-refractivity contribution is 6.12. The van der Waals surface area contributed by atoms with E-state index in [4.69, 9.17) is 18.9 Å². The number of Topliss-reactive ketones (excluding diaryl/α,β-unsaturated/α-hetero) is 2. The lowest BCUT2D eigenvalue weighted by molar-refractivity contribution is -0.148. The average molecular weight is 771 g/mol. The first kappa shape index (κ1) is 41.9. The van der Waals surface area contributed by atoms with Crippen LogP contribution in [0.2, 0.25) is 0 Å². The van der Waals surface area contributed by atoms with Crippen molar-refractivity contribution in [2.45, 2.75) is 117 Å². The molecule has 2 amide bonds. The highest BCUT2D eigenvalue weighted by atomic mass is 16.6. The molecule has 0 radical (unpaired) electrons. The summed E-state index contributed by atoms with van der Waals surface area (Å²) in [5.41, 5.74) is 0.845. The fourth-order valence-electron chi connectivity index (χ4n) is 7.34. The van der Waals surface area contributed by atoms with Crippen LogP contribution in [0.3, 0.4) is 0 Å².